The Hall–Kier alpha value is -1.19. The zero-order valence-electron chi connectivity index (χ0n) is 7.87. The number of ketones is 1. The molecule has 1 amide bonds. The van der Waals surface area contributed by atoms with Gasteiger partial charge in [-0.1, -0.05) is 6.92 Å². The first-order valence-electron chi connectivity index (χ1n) is 4.46. The number of aliphatic imine (C=N–C) groups is 1. The highest BCUT2D eigenvalue weighted by Gasteiger charge is 2.30. The summed E-state index contributed by atoms with van der Waals surface area (Å²) >= 11 is 0. The zero-order chi connectivity index (χ0) is 9.84. The van der Waals surface area contributed by atoms with E-state index in [4.69, 9.17) is 4.74 Å². The molecular weight excluding hydrogens is 170 g/mol. The van der Waals surface area contributed by atoms with Crippen LogP contribution in [0.5, 0.6) is 0 Å². The third-order valence-corrected chi connectivity index (χ3v) is 1.95. The molecule has 0 saturated carbocycles. The van der Waals surface area contributed by atoms with Crippen LogP contribution in [-0.2, 0) is 14.3 Å². The molecule has 0 aliphatic carbocycles. The van der Waals surface area contributed by atoms with E-state index in [1.54, 1.807) is 6.92 Å². The largest absolute Gasteiger partial charge is 0.480 e. The number of ether oxygens (including phenoxy) is 1. The minimum atomic E-state index is -0.391. The van der Waals surface area contributed by atoms with Crippen LogP contribution in [0.1, 0.15) is 26.7 Å². The van der Waals surface area contributed by atoms with Crippen molar-refractivity contribution in [2.24, 2.45) is 10.9 Å². The maximum atomic E-state index is 11.3. The number of amides is 1. The van der Waals surface area contributed by atoms with Gasteiger partial charge in [0.2, 0.25) is 5.90 Å². The molecule has 1 aliphatic rings. The SMILES string of the molecule is CCOC1=NC(=O)CC(=O)C1CC. The molecule has 4 nitrogen and oxygen atoms in total. The monoisotopic (exact) mass is 183 g/mol. The molecule has 1 unspecified atom stereocenters. The summed E-state index contributed by atoms with van der Waals surface area (Å²) in [5.74, 6) is -0.479. The van der Waals surface area contributed by atoms with Crippen LogP contribution in [-0.4, -0.2) is 24.2 Å². The van der Waals surface area contributed by atoms with Crippen molar-refractivity contribution in [2.75, 3.05) is 6.61 Å². The van der Waals surface area contributed by atoms with E-state index in [-0.39, 0.29) is 18.1 Å². The Kier molecular flexibility index (Phi) is 3.17. The Bertz CT molecular complexity index is 258. The lowest BCUT2D eigenvalue weighted by molar-refractivity contribution is -0.129. The zero-order valence-corrected chi connectivity index (χ0v) is 7.87. The Morgan fingerprint density at radius 1 is 1.46 bits per heavy atom. The van der Waals surface area contributed by atoms with Crippen molar-refractivity contribution in [1.29, 1.82) is 0 Å². The second-order valence-corrected chi connectivity index (χ2v) is 2.88. The summed E-state index contributed by atoms with van der Waals surface area (Å²) in [6.07, 6.45) is 0.569. The smallest absolute Gasteiger partial charge is 0.256 e. The quantitative estimate of drug-likeness (QED) is 0.599. The van der Waals surface area contributed by atoms with E-state index in [2.05, 4.69) is 4.99 Å². The minimum Gasteiger partial charge on any atom is -0.480 e. The first kappa shape index (κ1) is 9.89. The van der Waals surface area contributed by atoms with Crippen molar-refractivity contribution in [1.82, 2.24) is 0 Å². The molecule has 0 saturated heterocycles. The number of Topliss-reactive ketones (excluding diaryl/α,β-unsaturated/α-hetero) is 1. The normalized spacial score (nSPS) is 22.9. The van der Waals surface area contributed by atoms with E-state index in [0.717, 1.165) is 0 Å². The standard InChI is InChI=1S/C9H13NO3/c1-3-6-7(11)5-8(12)10-9(6)13-4-2/h6H,3-5H2,1-2H3. The van der Waals surface area contributed by atoms with Crippen molar-refractivity contribution < 1.29 is 14.3 Å². The molecule has 0 spiro atoms. The second kappa shape index (κ2) is 4.16. The van der Waals surface area contributed by atoms with Crippen LogP contribution in [0.3, 0.4) is 0 Å². The van der Waals surface area contributed by atoms with Gasteiger partial charge in [0, 0.05) is 0 Å². The van der Waals surface area contributed by atoms with Crippen molar-refractivity contribution in [2.45, 2.75) is 26.7 Å². The molecule has 72 valence electrons. The molecule has 0 N–H and O–H groups in total. The van der Waals surface area contributed by atoms with Crippen molar-refractivity contribution in [3.63, 3.8) is 0 Å². The summed E-state index contributed by atoms with van der Waals surface area (Å²) in [7, 11) is 0. The molecule has 0 fully saturated rings. The van der Waals surface area contributed by atoms with Gasteiger partial charge in [0.15, 0.2) is 5.78 Å². The molecule has 1 aliphatic heterocycles. The lowest BCUT2D eigenvalue weighted by Crippen LogP contribution is -2.32. The van der Waals surface area contributed by atoms with Crippen LogP contribution < -0.4 is 0 Å². The lowest BCUT2D eigenvalue weighted by atomic mass is 9.96. The van der Waals surface area contributed by atoms with Crippen LogP contribution in [0.15, 0.2) is 4.99 Å². The maximum Gasteiger partial charge on any atom is 0.256 e. The van der Waals surface area contributed by atoms with E-state index in [1.807, 2.05) is 6.92 Å². The molecule has 0 aromatic rings. The van der Waals surface area contributed by atoms with Gasteiger partial charge < -0.3 is 4.74 Å². The summed E-state index contributed by atoms with van der Waals surface area (Å²) in [6, 6.07) is 0. The predicted octanol–water partition coefficient (Wildman–Crippen LogP) is 0.947. The summed E-state index contributed by atoms with van der Waals surface area (Å²) in [6.45, 7) is 4.13. The fourth-order valence-corrected chi connectivity index (χ4v) is 1.33. The highest BCUT2D eigenvalue weighted by Crippen LogP contribution is 2.16. The third-order valence-electron chi connectivity index (χ3n) is 1.95. The number of carbonyl (C=O) groups excluding carboxylic acids is 2. The number of hydrogen-bond acceptors (Lipinski definition) is 3. The molecule has 0 aromatic heterocycles. The summed E-state index contributed by atoms with van der Waals surface area (Å²) < 4.78 is 5.14. The average Bonchev–Trinajstić information content (AvgIpc) is 2.04. The highest BCUT2D eigenvalue weighted by atomic mass is 16.5. The molecule has 4 heteroatoms. The average molecular weight is 183 g/mol. The molecule has 13 heavy (non-hydrogen) atoms. The van der Waals surface area contributed by atoms with Gasteiger partial charge in [-0.15, -0.1) is 0 Å². The summed E-state index contributed by atoms with van der Waals surface area (Å²) in [4.78, 5) is 26.0. The van der Waals surface area contributed by atoms with Crippen LogP contribution in [0.25, 0.3) is 0 Å². The minimum absolute atomic E-state index is 0.0743. The lowest BCUT2D eigenvalue weighted by Gasteiger charge is -2.19. The molecule has 1 rings (SSSR count). The predicted molar refractivity (Wildman–Crippen MR) is 47.5 cm³/mol. The number of hydrogen-bond donors (Lipinski definition) is 0. The Morgan fingerprint density at radius 2 is 2.15 bits per heavy atom. The molecule has 1 atom stereocenters. The Balaban J connectivity index is 2.84. The van der Waals surface area contributed by atoms with Crippen LogP contribution in [0, 0.1) is 5.92 Å². The van der Waals surface area contributed by atoms with Crippen molar-refractivity contribution in [3.8, 4) is 0 Å². The number of rotatable bonds is 2. The highest BCUT2D eigenvalue weighted by molar-refractivity contribution is 6.16. The van der Waals surface area contributed by atoms with Gasteiger partial charge in [0.1, 0.15) is 0 Å². The van der Waals surface area contributed by atoms with Gasteiger partial charge in [-0.05, 0) is 13.3 Å². The summed E-state index contributed by atoms with van der Waals surface area (Å²) in [5.41, 5.74) is 0. The molecular formula is C9H13NO3. The molecule has 1 heterocycles. The van der Waals surface area contributed by atoms with E-state index >= 15 is 0 Å². The van der Waals surface area contributed by atoms with Gasteiger partial charge in [0.25, 0.3) is 5.91 Å². The first-order valence-corrected chi connectivity index (χ1v) is 4.46. The fourth-order valence-electron chi connectivity index (χ4n) is 1.33. The molecule has 0 aromatic carbocycles. The third kappa shape index (κ3) is 2.14. The van der Waals surface area contributed by atoms with Gasteiger partial charge >= 0.3 is 0 Å². The topological polar surface area (TPSA) is 55.7 Å². The molecule has 0 radical (unpaired) electrons. The second-order valence-electron chi connectivity index (χ2n) is 2.88. The van der Waals surface area contributed by atoms with Crippen LogP contribution in [0.4, 0.5) is 0 Å². The van der Waals surface area contributed by atoms with Crippen LogP contribution >= 0.6 is 0 Å². The van der Waals surface area contributed by atoms with Crippen molar-refractivity contribution in [3.05, 3.63) is 0 Å². The maximum absolute atomic E-state index is 11.3. The van der Waals surface area contributed by atoms with Gasteiger partial charge in [-0.2, -0.15) is 4.99 Å². The van der Waals surface area contributed by atoms with Crippen molar-refractivity contribution >= 4 is 17.6 Å². The first-order chi connectivity index (χ1) is 6.19. The van der Waals surface area contributed by atoms with Gasteiger partial charge in [0.05, 0.1) is 18.9 Å². The van der Waals surface area contributed by atoms with E-state index in [9.17, 15) is 9.59 Å². The van der Waals surface area contributed by atoms with E-state index in [0.29, 0.717) is 18.9 Å². The number of carbonyl (C=O) groups is 2. The Morgan fingerprint density at radius 3 is 2.69 bits per heavy atom. The number of nitrogens with zero attached hydrogens (tertiary/aromatic N) is 1. The Labute approximate surface area is 77.0 Å². The fraction of sp³-hybridized carbons (Fsp3) is 0.667. The summed E-state index contributed by atoms with van der Waals surface area (Å²) in [5, 5.41) is 0. The van der Waals surface area contributed by atoms with Crippen LogP contribution in [0.2, 0.25) is 0 Å². The van der Waals surface area contributed by atoms with Gasteiger partial charge in [-0.25, -0.2) is 0 Å². The van der Waals surface area contributed by atoms with Gasteiger partial charge in [-0.3, -0.25) is 9.59 Å². The molecule has 0 bridgehead atoms. The van der Waals surface area contributed by atoms with E-state index in [1.165, 1.54) is 0 Å². The van der Waals surface area contributed by atoms with E-state index < -0.39 is 5.91 Å².